The van der Waals surface area contributed by atoms with Gasteiger partial charge in [0.25, 0.3) is 0 Å². The van der Waals surface area contributed by atoms with E-state index < -0.39 is 6.09 Å². The van der Waals surface area contributed by atoms with Crippen molar-refractivity contribution in [1.29, 1.82) is 0 Å². The van der Waals surface area contributed by atoms with E-state index in [-0.39, 0.29) is 5.54 Å². The van der Waals surface area contributed by atoms with Gasteiger partial charge in [-0.2, -0.15) is 0 Å². The molecule has 2 N–H and O–H groups in total. The lowest BCUT2D eigenvalue weighted by Crippen LogP contribution is -2.68. The van der Waals surface area contributed by atoms with Crippen LogP contribution in [0.3, 0.4) is 0 Å². The molecule has 1 amide bonds. The Morgan fingerprint density at radius 2 is 1.93 bits per heavy atom. The van der Waals surface area contributed by atoms with Gasteiger partial charge in [0.05, 0.1) is 0 Å². The van der Waals surface area contributed by atoms with Gasteiger partial charge in [0.2, 0.25) is 0 Å². The van der Waals surface area contributed by atoms with Crippen molar-refractivity contribution in [3.05, 3.63) is 0 Å². The first-order chi connectivity index (χ1) is 6.80. The first-order valence-electron chi connectivity index (χ1n) is 5.55. The number of rotatable bonds is 1. The van der Waals surface area contributed by atoms with Crippen LogP contribution in [0.15, 0.2) is 0 Å². The molecule has 0 unspecified atom stereocenters. The van der Waals surface area contributed by atoms with Crippen molar-refractivity contribution < 1.29 is 9.90 Å². The molecule has 0 aromatic carbocycles. The lowest BCUT2D eigenvalue weighted by Gasteiger charge is -2.59. The monoisotopic (exact) mass is 212 g/mol. The van der Waals surface area contributed by atoms with Crippen LogP contribution in [0.4, 0.5) is 4.79 Å². The highest BCUT2D eigenvalue weighted by molar-refractivity contribution is 5.66. The summed E-state index contributed by atoms with van der Waals surface area (Å²) in [6, 6.07) is 0.584. The van der Waals surface area contributed by atoms with Gasteiger partial charge in [-0.15, -0.1) is 0 Å². The largest absolute Gasteiger partial charge is 0.465 e. The Morgan fingerprint density at radius 3 is 2.33 bits per heavy atom. The molecule has 0 aromatic rings. The summed E-state index contributed by atoms with van der Waals surface area (Å²) in [4.78, 5) is 12.1. The second-order valence-corrected chi connectivity index (χ2v) is 6.14. The average molecular weight is 212 g/mol. The summed E-state index contributed by atoms with van der Waals surface area (Å²) < 4.78 is 0. The van der Waals surface area contributed by atoms with Crippen molar-refractivity contribution in [2.24, 2.45) is 5.41 Å². The Bertz CT molecular complexity index is 269. The molecule has 1 saturated carbocycles. The molecule has 0 aromatic heterocycles. The van der Waals surface area contributed by atoms with Crippen molar-refractivity contribution in [1.82, 2.24) is 10.2 Å². The van der Waals surface area contributed by atoms with Gasteiger partial charge in [0.1, 0.15) is 0 Å². The molecule has 1 heterocycles. The highest BCUT2D eigenvalue weighted by Gasteiger charge is 2.54. The maximum absolute atomic E-state index is 10.6. The number of amides is 1. The van der Waals surface area contributed by atoms with E-state index in [4.69, 9.17) is 5.11 Å². The Hall–Kier alpha value is -0.770. The molecule has 0 bridgehead atoms. The molecule has 1 saturated heterocycles. The van der Waals surface area contributed by atoms with E-state index in [9.17, 15) is 4.79 Å². The fourth-order valence-electron chi connectivity index (χ4n) is 2.86. The van der Waals surface area contributed by atoms with Crippen LogP contribution in [0, 0.1) is 5.41 Å². The van der Waals surface area contributed by atoms with Gasteiger partial charge in [-0.1, -0.05) is 0 Å². The molecule has 15 heavy (non-hydrogen) atoms. The average Bonchev–Trinajstić information content (AvgIpc) is 1.87. The molecule has 0 atom stereocenters. The molecule has 0 radical (unpaired) electrons. The summed E-state index contributed by atoms with van der Waals surface area (Å²) in [5, 5.41) is 12.3. The summed E-state index contributed by atoms with van der Waals surface area (Å²) in [5.74, 6) is 0. The number of likely N-dealkylation sites (tertiary alicyclic amines) is 1. The zero-order valence-corrected chi connectivity index (χ0v) is 9.71. The van der Waals surface area contributed by atoms with Crippen LogP contribution in [0.25, 0.3) is 0 Å². The first-order valence-corrected chi connectivity index (χ1v) is 5.55. The number of nitrogens with one attached hydrogen (secondary N) is 1. The van der Waals surface area contributed by atoms with E-state index >= 15 is 0 Å². The second-order valence-electron chi connectivity index (χ2n) is 6.14. The van der Waals surface area contributed by atoms with Gasteiger partial charge < -0.3 is 15.3 Å². The van der Waals surface area contributed by atoms with Crippen molar-refractivity contribution >= 4 is 6.09 Å². The van der Waals surface area contributed by atoms with E-state index in [1.165, 1.54) is 4.90 Å². The van der Waals surface area contributed by atoms with Crippen LogP contribution < -0.4 is 5.32 Å². The maximum Gasteiger partial charge on any atom is 0.407 e. The van der Waals surface area contributed by atoms with Gasteiger partial charge in [-0.05, 0) is 33.6 Å². The second kappa shape index (κ2) is 3.11. The van der Waals surface area contributed by atoms with E-state index in [1.807, 2.05) is 0 Å². The van der Waals surface area contributed by atoms with Crippen molar-refractivity contribution in [2.45, 2.75) is 45.2 Å². The minimum Gasteiger partial charge on any atom is -0.465 e. The summed E-state index contributed by atoms with van der Waals surface area (Å²) in [7, 11) is 0. The molecular weight excluding hydrogens is 192 g/mol. The summed E-state index contributed by atoms with van der Waals surface area (Å²) in [5.41, 5.74) is 0.490. The number of hydrogen-bond donors (Lipinski definition) is 2. The number of nitrogens with zero attached hydrogens (tertiary/aromatic N) is 1. The summed E-state index contributed by atoms with van der Waals surface area (Å²) >= 11 is 0. The molecule has 1 spiro atoms. The smallest absolute Gasteiger partial charge is 0.407 e. The normalized spacial score (nSPS) is 24.9. The molecule has 1 aliphatic carbocycles. The fourth-order valence-corrected chi connectivity index (χ4v) is 2.86. The lowest BCUT2D eigenvalue weighted by molar-refractivity contribution is -0.0686. The molecule has 1 aliphatic heterocycles. The zero-order chi connectivity index (χ0) is 11.3. The third-order valence-electron chi connectivity index (χ3n) is 3.32. The molecule has 2 aliphatic rings. The fraction of sp³-hybridized carbons (Fsp3) is 0.909. The molecular formula is C11H20N2O2. The predicted octanol–water partition coefficient (Wildman–Crippen LogP) is 1.52. The van der Waals surface area contributed by atoms with Crippen LogP contribution in [-0.2, 0) is 0 Å². The summed E-state index contributed by atoms with van der Waals surface area (Å²) in [6.45, 7) is 7.99. The molecule has 2 rings (SSSR count). The topological polar surface area (TPSA) is 52.6 Å². The van der Waals surface area contributed by atoms with E-state index in [0.717, 1.165) is 25.9 Å². The van der Waals surface area contributed by atoms with Crippen molar-refractivity contribution in [2.75, 3.05) is 13.1 Å². The molecule has 2 fully saturated rings. The SMILES string of the molecule is CC(C)(C)NC1CC2(C1)CN(C(=O)O)C2. The minimum absolute atomic E-state index is 0.169. The Balaban J connectivity index is 1.74. The Labute approximate surface area is 90.6 Å². The predicted molar refractivity (Wildman–Crippen MR) is 57.9 cm³/mol. The molecule has 4 nitrogen and oxygen atoms in total. The third-order valence-corrected chi connectivity index (χ3v) is 3.32. The minimum atomic E-state index is -0.771. The standard InChI is InChI=1S/C11H20N2O2/c1-10(2,3)12-8-4-11(5-8)6-13(7-11)9(14)15/h8,12H,4-7H2,1-3H3,(H,14,15). The van der Waals surface area contributed by atoms with Crippen molar-refractivity contribution in [3.8, 4) is 0 Å². The lowest BCUT2D eigenvalue weighted by atomic mass is 9.60. The van der Waals surface area contributed by atoms with Crippen molar-refractivity contribution in [3.63, 3.8) is 0 Å². The van der Waals surface area contributed by atoms with Crippen LogP contribution in [0.5, 0.6) is 0 Å². The van der Waals surface area contributed by atoms with Gasteiger partial charge >= 0.3 is 6.09 Å². The first kappa shape index (κ1) is 10.7. The highest BCUT2D eigenvalue weighted by Crippen LogP contribution is 2.48. The van der Waals surface area contributed by atoms with Crippen LogP contribution in [-0.4, -0.2) is 40.8 Å². The number of hydrogen-bond acceptors (Lipinski definition) is 2. The number of carboxylic acid groups (broad SMARTS) is 1. The molecule has 86 valence electrons. The van der Waals surface area contributed by atoms with Gasteiger partial charge in [-0.25, -0.2) is 4.79 Å². The Morgan fingerprint density at radius 1 is 1.40 bits per heavy atom. The third kappa shape index (κ3) is 2.09. The Kier molecular flexibility index (Phi) is 2.23. The van der Waals surface area contributed by atoms with E-state index in [1.54, 1.807) is 0 Å². The van der Waals surface area contributed by atoms with E-state index in [2.05, 4.69) is 26.1 Å². The van der Waals surface area contributed by atoms with E-state index in [0.29, 0.717) is 11.5 Å². The maximum atomic E-state index is 10.6. The van der Waals surface area contributed by atoms with Gasteiger partial charge in [-0.3, -0.25) is 0 Å². The number of carbonyl (C=O) groups is 1. The van der Waals surface area contributed by atoms with Crippen LogP contribution in [0.1, 0.15) is 33.6 Å². The van der Waals surface area contributed by atoms with Crippen LogP contribution in [0.2, 0.25) is 0 Å². The highest BCUT2D eigenvalue weighted by atomic mass is 16.4. The van der Waals surface area contributed by atoms with Gasteiger partial charge in [0.15, 0.2) is 0 Å². The van der Waals surface area contributed by atoms with Crippen LogP contribution >= 0.6 is 0 Å². The summed E-state index contributed by atoms with van der Waals surface area (Å²) in [6.07, 6.45) is 1.50. The quantitative estimate of drug-likeness (QED) is 0.693. The molecule has 4 heteroatoms. The van der Waals surface area contributed by atoms with Gasteiger partial charge in [0, 0.05) is 30.1 Å². The zero-order valence-electron chi connectivity index (χ0n) is 9.71.